The van der Waals surface area contributed by atoms with Gasteiger partial charge < -0.3 is 0 Å². The molecule has 1 aromatic rings. The van der Waals surface area contributed by atoms with Crippen LogP contribution in [-0.4, -0.2) is 5.88 Å². The molecule has 0 bridgehead atoms. The zero-order valence-corrected chi connectivity index (χ0v) is 10.7. The summed E-state index contributed by atoms with van der Waals surface area (Å²) >= 11 is 10.8. The first-order valence-corrected chi connectivity index (χ1v) is 6.32. The summed E-state index contributed by atoms with van der Waals surface area (Å²) in [5, 5.41) is 0. The Balaban J connectivity index is 2.49. The lowest BCUT2D eigenvalue weighted by Crippen LogP contribution is -1.82. The van der Waals surface area contributed by atoms with Crippen molar-refractivity contribution in [3.63, 3.8) is 0 Å². The topological polar surface area (TPSA) is 0 Å². The Morgan fingerprint density at radius 2 is 2.38 bits per heavy atom. The van der Waals surface area contributed by atoms with Crippen molar-refractivity contribution in [2.45, 2.75) is 19.8 Å². The minimum absolute atomic E-state index is 0.714. The zero-order chi connectivity index (χ0) is 9.68. The molecule has 3 heteroatoms. The Bertz CT molecular complexity index is 291. The van der Waals surface area contributed by atoms with Gasteiger partial charge in [-0.25, -0.2) is 0 Å². The molecule has 0 fully saturated rings. The van der Waals surface area contributed by atoms with Crippen LogP contribution in [0.2, 0.25) is 0 Å². The molecular weight excluding hydrogens is 268 g/mol. The fourth-order valence-corrected chi connectivity index (χ4v) is 2.78. The second-order valence-corrected chi connectivity index (χ2v) is 5.84. The summed E-state index contributed by atoms with van der Waals surface area (Å²) in [6, 6.07) is 4.25. The monoisotopic (exact) mass is 278 g/mol. The van der Waals surface area contributed by atoms with Gasteiger partial charge in [-0.1, -0.05) is 11.6 Å². The first-order chi connectivity index (χ1) is 6.22. The summed E-state index contributed by atoms with van der Waals surface area (Å²) < 4.78 is 1.20. The number of thiophene rings is 1. The lowest BCUT2D eigenvalue weighted by molar-refractivity contribution is 1.11. The molecule has 0 unspecified atom stereocenters. The van der Waals surface area contributed by atoms with Gasteiger partial charge in [0.1, 0.15) is 0 Å². The van der Waals surface area contributed by atoms with Gasteiger partial charge in [0.25, 0.3) is 0 Å². The predicted octanol–water partition coefficient (Wildman–Crippen LogP) is 4.63. The first kappa shape index (κ1) is 11.3. The van der Waals surface area contributed by atoms with Crippen molar-refractivity contribution in [1.82, 2.24) is 0 Å². The van der Waals surface area contributed by atoms with E-state index in [0.29, 0.717) is 5.88 Å². The van der Waals surface area contributed by atoms with Crippen LogP contribution in [0.1, 0.15) is 18.2 Å². The molecule has 72 valence electrons. The van der Waals surface area contributed by atoms with Gasteiger partial charge in [0.15, 0.2) is 0 Å². The highest BCUT2D eigenvalue weighted by atomic mass is 79.9. The fourth-order valence-electron chi connectivity index (χ4n) is 1.09. The predicted molar refractivity (Wildman–Crippen MR) is 64.8 cm³/mol. The summed E-state index contributed by atoms with van der Waals surface area (Å²) in [4.78, 5) is 1.40. The van der Waals surface area contributed by atoms with Crippen molar-refractivity contribution in [2.75, 3.05) is 5.88 Å². The Hall–Kier alpha value is 0.210. The second kappa shape index (κ2) is 5.84. The average molecular weight is 280 g/mol. The van der Waals surface area contributed by atoms with E-state index in [4.69, 9.17) is 11.6 Å². The summed E-state index contributed by atoms with van der Waals surface area (Å²) in [7, 11) is 0. The van der Waals surface area contributed by atoms with Crippen molar-refractivity contribution >= 4 is 38.9 Å². The molecule has 0 saturated heterocycles. The van der Waals surface area contributed by atoms with Crippen molar-refractivity contribution < 1.29 is 0 Å². The third kappa shape index (κ3) is 4.30. The van der Waals surface area contributed by atoms with E-state index in [9.17, 15) is 0 Å². The van der Waals surface area contributed by atoms with Gasteiger partial charge in [0.05, 0.1) is 3.79 Å². The summed E-state index contributed by atoms with van der Waals surface area (Å²) in [6.07, 6.45) is 4.23. The molecule has 0 aliphatic carbocycles. The molecular formula is C10H12BrClS. The van der Waals surface area contributed by atoms with E-state index in [2.05, 4.69) is 41.1 Å². The third-order valence-electron chi connectivity index (χ3n) is 1.68. The van der Waals surface area contributed by atoms with E-state index in [-0.39, 0.29) is 0 Å². The minimum Gasteiger partial charge on any atom is -0.133 e. The van der Waals surface area contributed by atoms with Crippen LogP contribution in [0.3, 0.4) is 0 Å². The standard InChI is InChI=1S/C10H12BrClS/c1-8(3-2-6-12)7-9-4-5-10(11)13-9/h3-5H,2,6-7H2,1H3. The zero-order valence-electron chi connectivity index (χ0n) is 7.52. The van der Waals surface area contributed by atoms with Gasteiger partial charge in [-0.3, -0.25) is 0 Å². The van der Waals surface area contributed by atoms with Crippen LogP contribution in [-0.2, 0) is 6.42 Å². The average Bonchev–Trinajstić information content (AvgIpc) is 2.48. The highest BCUT2D eigenvalue weighted by Gasteiger charge is 1.98. The van der Waals surface area contributed by atoms with Crippen LogP contribution in [0.4, 0.5) is 0 Å². The van der Waals surface area contributed by atoms with Crippen molar-refractivity contribution in [2.24, 2.45) is 0 Å². The molecule has 0 atom stereocenters. The Morgan fingerprint density at radius 3 is 2.92 bits per heavy atom. The SMILES string of the molecule is CC(=CCCCl)Cc1ccc(Br)s1. The minimum atomic E-state index is 0.714. The van der Waals surface area contributed by atoms with E-state index in [1.54, 1.807) is 11.3 Å². The number of hydrogen-bond donors (Lipinski definition) is 0. The van der Waals surface area contributed by atoms with Crippen LogP contribution in [0, 0.1) is 0 Å². The molecule has 0 radical (unpaired) electrons. The lowest BCUT2D eigenvalue weighted by Gasteiger charge is -1.97. The van der Waals surface area contributed by atoms with E-state index in [1.807, 2.05) is 0 Å². The largest absolute Gasteiger partial charge is 0.133 e. The molecule has 0 saturated carbocycles. The summed E-state index contributed by atoms with van der Waals surface area (Å²) in [5.74, 6) is 0.714. The molecule has 0 aromatic carbocycles. The number of allylic oxidation sites excluding steroid dienone is 2. The van der Waals surface area contributed by atoms with Crippen molar-refractivity contribution in [3.05, 3.63) is 32.4 Å². The Labute approximate surface area is 96.7 Å². The van der Waals surface area contributed by atoms with Crippen molar-refractivity contribution in [3.8, 4) is 0 Å². The quantitative estimate of drug-likeness (QED) is 0.557. The van der Waals surface area contributed by atoms with E-state index in [0.717, 1.165) is 12.8 Å². The molecule has 0 aliphatic rings. The third-order valence-corrected chi connectivity index (χ3v) is 3.53. The van der Waals surface area contributed by atoms with Gasteiger partial charge in [0.2, 0.25) is 0 Å². The number of halogens is 2. The van der Waals surface area contributed by atoms with Gasteiger partial charge in [-0.05, 0) is 41.4 Å². The molecule has 0 aliphatic heterocycles. The van der Waals surface area contributed by atoms with E-state index >= 15 is 0 Å². The van der Waals surface area contributed by atoms with Crippen LogP contribution >= 0.6 is 38.9 Å². The number of hydrogen-bond acceptors (Lipinski definition) is 1. The Kier molecular flexibility index (Phi) is 5.07. The van der Waals surface area contributed by atoms with Crippen LogP contribution in [0.25, 0.3) is 0 Å². The molecule has 0 nitrogen and oxygen atoms in total. The van der Waals surface area contributed by atoms with Gasteiger partial charge in [-0.2, -0.15) is 0 Å². The normalized spacial score (nSPS) is 12.1. The van der Waals surface area contributed by atoms with Gasteiger partial charge >= 0.3 is 0 Å². The first-order valence-electron chi connectivity index (χ1n) is 4.18. The van der Waals surface area contributed by atoms with Crippen LogP contribution in [0.5, 0.6) is 0 Å². The maximum atomic E-state index is 5.60. The second-order valence-electron chi connectivity index (χ2n) is 2.91. The molecule has 1 heterocycles. The summed E-state index contributed by atoms with van der Waals surface area (Å²) in [5.41, 5.74) is 1.40. The molecule has 1 aromatic heterocycles. The molecule has 0 spiro atoms. The summed E-state index contributed by atoms with van der Waals surface area (Å²) in [6.45, 7) is 2.15. The van der Waals surface area contributed by atoms with E-state index < -0.39 is 0 Å². The van der Waals surface area contributed by atoms with Crippen LogP contribution < -0.4 is 0 Å². The number of rotatable bonds is 4. The van der Waals surface area contributed by atoms with Gasteiger partial charge in [-0.15, -0.1) is 22.9 Å². The molecule has 0 amide bonds. The molecule has 0 N–H and O–H groups in total. The maximum Gasteiger partial charge on any atom is 0.0701 e. The van der Waals surface area contributed by atoms with Crippen LogP contribution in [0.15, 0.2) is 27.6 Å². The highest BCUT2D eigenvalue weighted by molar-refractivity contribution is 9.11. The lowest BCUT2D eigenvalue weighted by atomic mass is 10.1. The Morgan fingerprint density at radius 1 is 1.62 bits per heavy atom. The molecule has 13 heavy (non-hydrogen) atoms. The molecule has 1 rings (SSSR count). The van der Waals surface area contributed by atoms with Gasteiger partial charge in [0, 0.05) is 17.2 Å². The van der Waals surface area contributed by atoms with E-state index in [1.165, 1.54) is 14.2 Å². The number of alkyl halides is 1. The highest BCUT2D eigenvalue weighted by Crippen LogP contribution is 2.24. The van der Waals surface area contributed by atoms with Crippen molar-refractivity contribution in [1.29, 1.82) is 0 Å². The fraction of sp³-hybridized carbons (Fsp3) is 0.400. The maximum absolute atomic E-state index is 5.60. The smallest absolute Gasteiger partial charge is 0.0701 e.